The van der Waals surface area contributed by atoms with Gasteiger partial charge in [-0.05, 0) is 66.6 Å². The summed E-state index contributed by atoms with van der Waals surface area (Å²) >= 11 is 1.41. The molecule has 4 N–H and O–H groups in total. The van der Waals surface area contributed by atoms with Gasteiger partial charge in [-0.2, -0.15) is 0 Å². The van der Waals surface area contributed by atoms with Gasteiger partial charge in [-0.3, -0.25) is 14.4 Å². The van der Waals surface area contributed by atoms with Gasteiger partial charge in [-0.25, -0.2) is 4.98 Å². The van der Waals surface area contributed by atoms with Crippen LogP contribution in [0.5, 0.6) is 17.2 Å². The van der Waals surface area contributed by atoms with E-state index in [1.165, 1.54) is 18.3 Å². The molecule has 1 unspecified atom stereocenters. The number of H-pyrrole nitrogens is 1. The number of unbranched alkanes of at least 4 members (excludes halogenated alkanes) is 2. The summed E-state index contributed by atoms with van der Waals surface area (Å²) in [5, 5.41) is 12.9. The lowest BCUT2D eigenvalue weighted by atomic mass is 9.95. The van der Waals surface area contributed by atoms with Crippen LogP contribution in [-0.4, -0.2) is 49.7 Å². The monoisotopic (exact) mass is 695 g/mol. The number of thiazole rings is 1. The van der Waals surface area contributed by atoms with Crippen LogP contribution >= 0.6 is 11.3 Å². The molecule has 3 aromatic carbocycles. The van der Waals surface area contributed by atoms with Crippen molar-refractivity contribution in [2.75, 3.05) is 38.5 Å². The lowest BCUT2D eigenvalue weighted by Crippen LogP contribution is -2.26. The molecular weight excluding hydrogens is 655 g/mol. The minimum absolute atomic E-state index is 0.0742. The van der Waals surface area contributed by atoms with Crippen molar-refractivity contribution in [1.29, 1.82) is 0 Å². The molecule has 0 saturated heterocycles. The van der Waals surface area contributed by atoms with E-state index in [1.54, 1.807) is 33.5 Å². The van der Waals surface area contributed by atoms with E-state index in [0.29, 0.717) is 65.9 Å². The molecule has 0 saturated carbocycles. The molecule has 5 aromatic rings. The minimum atomic E-state index is -0.375. The summed E-state index contributed by atoms with van der Waals surface area (Å²) in [7, 11) is 4.71. The van der Waals surface area contributed by atoms with Crippen LogP contribution in [0, 0.1) is 0 Å². The number of anilines is 2. The lowest BCUT2D eigenvalue weighted by molar-refractivity contribution is -0.119. The number of aromatic nitrogens is 2. The van der Waals surface area contributed by atoms with Crippen molar-refractivity contribution in [2.45, 2.75) is 51.5 Å². The van der Waals surface area contributed by atoms with Crippen molar-refractivity contribution in [3.8, 4) is 39.6 Å². The van der Waals surface area contributed by atoms with Crippen LogP contribution in [0.2, 0.25) is 0 Å². The first-order valence-corrected chi connectivity index (χ1v) is 17.5. The number of hydrogen-bond acceptors (Lipinski definition) is 9. The van der Waals surface area contributed by atoms with Crippen LogP contribution in [0.25, 0.3) is 33.3 Å². The second kappa shape index (κ2) is 15.5. The summed E-state index contributed by atoms with van der Waals surface area (Å²) in [5.41, 5.74) is 6.41. The zero-order chi connectivity index (χ0) is 35.2. The Balaban J connectivity index is 1.09. The quantitative estimate of drug-likeness (QED) is 0.0958. The Labute approximate surface area is 294 Å². The topological polar surface area (TPSA) is 144 Å². The molecule has 1 aliphatic carbocycles. The highest BCUT2D eigenvalue weighted by molar-refractivity contribution is 7.14. The minimum Gasteiger partial charge on any atom is -0.493 e. The Morgan fingerprint density at radius 3 is 2.58 bits per heavy atom. The number of methoxy groups -OCH3 is 3. The number of nitrogens with one attached hydrogen (secondary N) is 4. The standard InChI is InChI=1S/C38H41N5O6S/c1-22(44)41-29-15-13-23-18-33(47-2)36(48-3)37(49-4)35(23)25-14-16-30(32(45)19-26(25)29)39-17-9-5-6-12-34(46)43-38-42-31(21-50-38)27-20-40-28-11-8-7-10-24(27)28/h7-8,10-11,14,16,18-21,29,40H,5-6,9,12-13,15,17H2,1-4H3,(H,39,45)(H,41,44)(H,42,43,46). The Morgan fingerprint density at radius 2 is 1.80 bits per heavy atom. The largest absolute Gasteiger partial charge is 0.493 e. The third-order valence-corrected chi connectivity index (χ3v) is 9.69. The zero-order valence-corrected chi connectivity index (χ0v) is 29.4. The molecule has 0 aliphatic heterocycles. The van der Waals surface area contributed by atoms with Gasteiger partial charge < -0.3 is 35.1 Å². The lowest BCUT2D eigenvalue weighted by Gasteiger charge is -2.19. The number of carbonyl (C=O) groups excluding carboxylic acids is 2. The number of aryl methyl sites for hydroxylation is 1. The molecule has 2 amide bonds. The number of amides is 2. The average Bonchev–Trinajstić information content (AvgIpc) is 3.68. The normalized spacial score (nSPS) is 13.5. The van der Waals surface area contributed by atoms with E-state index in [4.69, 9.17) is 14.2 Å². The van der Waals surface area contributed by atoms with Gasteiger partial charge in [0.05, 0.1) is 38.8 Å². The van der Waals surface area contributed by atoms with Crippen LogP contribution in [0.4, 0.5) is 10.8 Å². The molecule has 0 spiro atoms. The first-order chi connectivity index (χ1) is 24.3. The number of para-hydroxylation sites is 1. The van der Waals surface area contributed by atoms with E-state index in [2.05, 4.69) is 25.9 Å². The van der Waals surface area contributed by atoms with Crippen LogP contribution in [0.3, 0.4) is 0 Å². The van der Waals surface area contributed by atoms with Crippen LogP contribution in [0.15, 0.2) is 64.9 Å². The number of fused-ring (bicyclic) bond motifs is 4. The Morgan fingerprint density at radius 1 is 0.980 bits per heavy atom. The van der Waals surface area contributed by atoms with E-state index < -0.39 is 0 Å². The first kappa shape index (κ1) is 34.5. The summed E-state index contributed by atoms with van der Waals surface area (Å²) < 4.78 is 17.1. The highest BCUT2D eigenvalue weighted by atomic mass is 32.1. The predicted molar refractivity (Wildman–Crippen MR) is 198 cm³/mol. The maximum Gasteiger partial charge on any atom is 0.226 e. The molecule has 12 heteroatoms. The first-order valence-electron chi connectivity index (χ1n) is 16.6. The molecule has 2 aromatic heterocycles. The van der Waals surface area contributed by atoms with Gasteiger partial charge in [0, 0.05) is 53.5 Å². The van der Waals surface area contributed by atoms with Crippen LogP contribution in [0.1, 0.15) is 56.2 Å². The van der Waals surface area contributed by atoms with Gasteiger partial charge >= 0.3 is 0 Å². The third kappa shape index (κ3) is 7.30. The Hall–Kier alpha value is -5.36. The van der Waals surface area contributed by atoms with Crippen molar-refractivity contribution < 1.29 is 23.8 Å². The molecule has 50 heavy (non-hydrogen) atoms. The summed E-state index contributed by atoms with van der Waals surface area (Å²) in [6.45, 7) is 2.04. The van der Waals surface area contributed by atoms with E-state index in [0.717, 1.165) is 51.7 Å². The molecule has 260 valence electrons. The van der Waals surface area contributed by atoms with Gasteiger partial charge in [-0.1, -0.05) is 30.7 Å². The van der Waals surface area contributed by atoms with Crippen molar-refractivity contribution in [1.82, 2.24) is 15.3 Å². The fourth-order valence-corrected chi connectivity index (χ4v) is 7.31. The van der Waals surface area contributed by atoms with E-state index >= 15 is 0 Å². The molecule has 11 nitrogen and oxygen atoms in total. The highest BCUT2D eigenvalue weighted by Crippen LogP contribution is 2.50. The van der Waals surface area contributed by atoms with Crippen molar-refractivity contribution >= 4 is 44.9 Å². The van der Waals surface area contributed by atoms with Crippen molar-refractivity contribution in [3.05, 3.63) is 81.5 Å². The molecule has 0 fully saturated rings. The number of carbonyl (C=O) groups is 2. The smallest absolute Gasteiger partial charge is 0.226 e. The summed E-state index contributed by atoms with van der Waals surface area (Å²) in [4.78, 5) is 46.3. The molecular formula is C38H41N5O6S. The van der Waals surface area contributed by atoms with Gasteiger partial charge in [0.1, 0.15) is 0 Å². The fraction of sp³-hybridized carbons (Fsp3) is 0.316. The molecule has 0 radical (unpaired) electrons. The molecule has 6 rings (SSSR count). The number of rotatable bonds is 13. The number of ether oxygens (including phenoxy) is 3. The van der Waals surface area contributed by atoms with E-state index in [-0.39, 0.29) is 23.3 Å². The van der Waals surface area contributed by atoms with E-state index in [1.807, 2.05) is 48.0 Å². The zero-order valence-electron chi connectivity index (χ0n) is 28.6. The molecule has 2 heterocycles. The van der Waals surface area contributed by atoms with E-state index in [9.17, 15) is 14.4 Å². The number of aromatic amines is 1. The Kier molecular flexibility index (Phi) is 10.7. The van der Waals surface area contributed by atoms with Crippen molar-refractivity contribution in [2.24, 2.45) is 0 Å². The predicted octanol–water partition coefficient (Wildman–Crippen LogP) is 7.08. The average molecular weight is 696 g/mol. The Bertz CT molecular complexity index is 2090. The highest BCUT2D eigenvalue weighted by Gasteiger charge is 2.29. The SMILES string of the molecule is COc1cc2c(c(OC)c1OC)-c1ccc(NCCCCCC(=O)Nc3nc(-c4c[nH]c5ccccc45)cs3)c(=O)cc1C(NC(C)=O)CC2. The van der Waals surface area contributed by atoms with Gasteiger partial charge in [0.2, 0.25) is 23.0 Å². The molecule has 0 bridgehead atoms. The summed E-state index contributed by atoms with van der Waals surface area (Å²) in [6.07, 6.45) is 5.81. The number of hydrogen-bond donors (Lipinski definition) is 4. The number of benzene rings is 2. The van der Waals surface area contributed by atoms with Gasteiger partial charge in [0.15, 0.2) is 16.6 Å². The van der Waals surface area contributed by atoms with Crippen LogP contribution < -0.4 is 35.6 Å². The third-order valence-electron chi connectivity index (χ3n) is 8.93. The molecule has 1 atom stereocenters. The summed E-state index contributed by atoms with van der Waals surface area (Å²) in [6, 6.07) is 14.9. The summed E-state index contributed by atoms with van der Waals surface area (Å²) in [5.74, 6) is 1.26. The molecule has 1 aliphatic rings. The van der Waals surface area contributed by atoms with Crippen molar-refractivity contribution in [3.63, 3.8) is 0 Å². The maximum atomic E-state index is 13.5. The second-order valence-corrected chi connectivity index (χ2v) is 13.0. The number of nitrogens with zero attached hydrogens (tertiary/aromatic N) is 1. The van der Waals surface area contributed by atoms with Crippen LogP contribution in [-0.2, 0) is 16.0 Å². The van der Waals surface area contributed by atoms with Gasteiger partial charge in [0.25, 0.3) is 0 Å². The maximum absolute atomic E-state index is 13.5. The van der Waals surface area contributed by atoms with Gasteiger partial charge in [-0.15, -0.1) is 11.3 Å². The second-order valence-electron chi connectivity index (χ2n) is 12.2. The fourth-order valence-electron chi connectivity index (χ4n) is 6.58.